The third-order valence-electron chi connectivity index (χ3n) is 3.18. The zero-order valence-corrected chi connectivity index (χ0v) is 13.5. The molecule has 1 atom stereocenters. The van der Waals surface area contributed by atoms with Crippen LogP contribution in [0.5, 0.6) is 5.75 Å². The molecule has 0 aliphatic carbocycles. The van der Waals surface area contributed by atoms with E-state index in [1.807, 2.05) is 44.2 Å². The van der Waals surface area contributed by atoms with Gasteiger partial charge in [-0.25, -0.2) is 5.43 Å². The predicted octanol–water partition coefficient (Wildman–Crippen LogP) is 3.75. The Hall–Kier alpha value is -1.49. The van der Waals surface area contributed by atoms with E-state index in [1.54, 1.807) is 11.8 Å². The first-order valence-corrected chi connectivity index (χ1v) is 8.24. The molecule has 0 saturated heterocycles. The molecule has 0 bridgehead atoms. The molecular formula is C17H22N2OS. The first kappa shape index (κ1) is 15.9. The summed E-state index contributed by atoms with van der Waals surface area (Å²) in [6.07, 6.45) is 2.23. The summed E-state index contributed by atoms with van der Waals surface area (Å²) >= 11 is 1.72. The van der Waals surface area contributed by atoms with Crippen LogP contribution in [0, 0.1) is 0 Å². The molecule has 0 aliphatic rings. The number of nitrogens with two attached hydrogens (primary N) is 1. The Morgan fingerprint density at radius 1 is 1.10 bits per heavy atom. The molecule has 0 aromatic heterocycles. The predicted molar refractivity (Wildman–Crippen MR) is 89.6 cm³/mol. The van der Waals surface area contributed by atoms with Crippen LogP contribution in [0.15, 0.2) is 53.4 Å². The van der Waals surface area contributed by atoms with Crippen molar-refractivity contribution in [2.75, 3.05) is 6.26 Å². The Morgan fingerprint density at radius 2 is 1.86 bits per heavy atom. The number of benzene rings is 2. The van der Waals surface area contributed by atoms with Crippen LogP contribution in [0.4, 0.5) is 0 Å². The number of thioether (sulfide) groups is 1. The second kappa shape index (κ2) is 7.50. The average molecular weight is 302 g/mol. The molecule has 0 spiro atoms. The van der Waals surface area contributed by atoms with Gasteiger partial charge in [0.25, 0.3) is 0 Å². The first-order chi connectivity index (χ1) is 10.2. The lowest BCUT2D eigenvalue weighted by atomic mass is 9.99. The SMILES string of the molecule is CSc1ccccc1C(NN)c1cccc(OC(C)C)c1. The maximum absolute atomic E-state index is 5.81. The van der Waals surface area contributed by atoms with Crippen molar-refractivity contribution in [1.82, 2.24) is 5.43 Å². The number of hydrogen-bond acceptors (Lipinski definition) is 4. The van der Waals surface area contributed by atoms with E-state index in [-0.39, 0.29) is 12.1 Å². The highest BCUT2D eigenvalue weighted by atomic mass is 32.2. The quantitative estimate of drug-likeness (QED) is 0.485. The minimum atomic E-state index is -0.0515. The zero-order chi connectivity index (χ0) is 15.2. The Morgan fingerprint density at radius 3 is 2.52 bits per heavy atom. The van der Waals surface area contributed by atoms with Crippen LogP contribution in [-0.4, -0.2) is 12.4 Å². The molecule has 0 saturated carbocycles. The molecule has 2 aromatic carbocycles. The number of hydrogen-bond donors (Lipinski definition) is 2. The van der Waals surface area contributed by atoms with Crippen molar-refractivity contribution in [3.8, 4) is 5.75 Å². The van der Waals surface area contributed by atoms with Gasteiger partial charge in [-0.3, -0.25) is 5.84 Å². The van der Waals surface area contributed by atoms with Crippen LogP contribution >= 0.6 is 11.8 Å². The largest absolute Gasteiger partial charge is 0.491 e. The molecule has 0 amide bonds. The van der Waals surface area contributed by atoms with Crippen LogP contribution in [0.3, 0.4) is 0 Å². The first-order valence-electron chi connectivity index (χ1n) is 7.01. The molecule has 3 N–H and O–H groups in total. The highest BCUT2D eigenvalue weighted by Crippen LogP contribution is 2.31. The van der Waals surface area contributed by atoms with Gasteiger partial charge in [-0.05, 0) is 49.4 Å². The van der Waals surface area contributed by atoms with E-state index in [1.165, 1.54) is 10.5 Å². The van der Waals surface area contributed by atoms with Crippen molar-refractivity contribution in [3.05, 3.63) is 59.7 Å². The lowest BCUT2D eigenvalue weighted by molar-refractivity contribution is 0.242. The van der Waals surface area contributed by atoms with Gasteiger partial charge in [0.05, 0.1) is 12.1 Å². The van der Waals surface area contributed by atoms with E-state index < -0.39 is 0 Å². The van der Waals surface area contributed by atoms with E-state index in [9.17, 15) is 0 Å². The van der Waals surface area contributed by atoms with E-state index in [0.717, 1.165) is 11.3 Å². The molecule has 1 unspecified atom stereocenters. The number of ether oxygens (including phenoxy) is 1. The van der Waals surface area contributed by atoms with Crippen molar-refractivity contribution in [2.45, 2.75) is 30.9 Å². The van der Waals surface area contributed by atoms with Gasteiger partial charge >= 0.3 is 0 Å². The Bertz CT molecular complexity index is 587. The fourth-order valence-electron chi connectivity index (χ4n) is 2.31. The highest BCUT2D eigenvalue weighted by molar-refractivity contribution is 7.98. The maximum atomic E-state index is 5.81. The summed E-state index contributed by atoms with van der Waals surface area (Å²) in [4.78, 5) is 1.22. The van der Waals surface area contributed by atoms with Gasteiger partial charge in [-0.1, -0.05) is 30.3 Å². The van der Waals surface area contributed by atoms with Gasteiger partial charge < -0.3 is 4.74 Å². The minimum absolute atomic E-state index is 0.0515. The van der Waals surface area contributed by atoms with Gasteiger partial charge in [0.2, 0.25) is 0 Å². The molecule has 0 aliphatic heterocycles. The number of nitrogens with one attached hydrogen (secondary N) is 1. The van der Waals surface area contributed by atoms with E-state index in [4.69, 9.17) is 10.6 Å². The van der Waals surface area contributed by atoms with Crippen LogP contribution in [0.1, 0.15) is 31.0 Å². The van der Waals surface area contributed by atoms with Crippen molar-refractivity contribution in [1.29, 1.82) is 0 Å². The molecule has 112 valence electrons. The molecule has 4 heteroatoms. The standard InChI is InChI=1S/C17H22N2OS/c1-12(2)20-14-8-6-7-13(11-14)17(19-18)15-9-4-5-10-16(15)21-3/h4-12,17,19H,18H2,1-3H3. The van der Waals surface area contributed by atoms with Crippen LogP contribution in [-0.2, 0) is 0 Å². The van der Waals surface area contributed by atoms with Gasteiger partial charge in [0.15, 0.2) is 0 Å². The molecule has 0 heterocycles. The van der Waals surface area contributed by atoms with E-state index in [2.05, 4.69) is 29.9 Å². The van der Waals surface area contributed by atoms with Gasteiger partial charge in [0.1, 0.15) is 5.75 Å². The van der Waals surface area contributed by atoms with Gasteiger partial charge in [-0.15, -0.1) is 11.8 Å². The summed E-state index contributed by atoms with van der Waals surface area (Å²) in [5, 5.41) is 0. The molecule has 2 rings (SSSR count). The zero-order valence-electron chi connectivity index (χ0n) is 12.7. The van der Waals surface area contributed by atoms with Crippen LogP contribution in [0.25, 0.3) is 0 Å². The Balaban J connectivity index is 2.37. The molecule has 3 nitrogen and oxygen atoms in total. The summed E-state index contributed by atoms with van der Waals surface area (Å²) < 4.78 is 5.77. The normalized spacial score (nSPS) is 12.4. The van der Waals surface area contributed by atoms with Crippen molar-refractivity contribution >= 4 is 11.8 Å². The third-order valence-corrected chi connectivity index (χ3v) is 3.99. The minimum Gasteiger partial charge on any atom is -0.491 e. The smallest absolute Gasteiger partial charge is 0.120 e. The maximum Gasteiger partial charge on any atom is 0.120 e. The van der Waals surface area contributed by atoms with Gasteiger partial charge in [-0.2, -0.15) is 0 Å². The monoisotopic (exact) mass is 302 g/mol. The Kier molecular flexibility index (Phi) is 5.67. The lowest BCUT2D eigenvalue weighted by Crippen LogP contribution is -2.29. The van der Waals surface area contributed by atoms with Crippen LogP contribution < -0.4 is 16.0 Å². The lowest BCUT2D eigenvalue weighted by Gasteiger charge is -2.20. The van der Waals surface area contributed by atoms with Crippen molar-refractivity contribution in [2.24, 2.45) is 5.84 Å². The van der Waals surface area contributed by atoms with Crippen molar-refractivity contribution < 1.29 is 4.74 Å². The average Bonchev–Trinajstić information content (AvgIpc) is 2.48. The molecular weight excluding hydrogens is 280 g/mol. The van der Waals surface area contributed by atoms with Gasteiger partial charge in [0, 0.05) is 4.90 Å². The summed E-state index contributed by atoms with van der Waals surface area (Å²) in [6, 6.07) is 16.3. The molecule has 0 fully saturated rings. The Labute approximate surface area is 130 Å². The molecule has 0 radical (unpaired) electrons. The second-order valence-electron chi connectivity index (χ2n) is 5.08. The molecule has 21 heavy (non-hydrogen) atoms. The van der Waals surface area contributed by atoms with Crippen molar-refractivity contribution in [3.63, 3.8) is 0 Å². The summed E-state index contributed by atoms with van der Waals surface area (Å²) in [5.74, 6) is 6.68. The summed E-state index contributed by atoms with van der Waals surface area (Å²) in [7, 11) is 0. The fourth-order valence-corrected chi connectivity index (χ4v) is 2.95. The summed E-state index contributed by atoms with van der Waals surface area (Å²) in [5.41, 5.74) is 5.19. The summed E-state index contributed by atoms with van der Waals surface area (Å²) in [6.45, 7) is 4.04. The fraction of sp³-hybridized carbons (Fsp3) is 0.294. The third kappa shape index (κ3) is 4.00. The number of rotatable bonds is 6. The van der Waals surface area contributed by atoms with Crippen LogP contribution in [0.2, 0.25) is 0 Å². The van der Waals surface area contributed by atoms with E-state index in [0.29, 0.717) is 0 Å². The second-order valence-corrected chi connectivity index (χ2v) is 5.93. The molecule has 2 aromatic rings. The topological polar surface area (TPSA) is 47.3 Å². The highest BCUT2D eigenvalue weighted by Gasteiger charge is 2.16. The van der Waals surface area contributed by atoms with E-state index >= 15 is 0 Å². The number of hydrazine groups is 1.